The topological polar surface area (TPSA) is 98.2 Å². The average molecular weight is 424 g/mol. The Labute approximate surface area is 182 Å². The van der Waals surface area contributed by atoms with Crippen LogP contribution in [0.15, 0.2) is 66.7 Å². The number of carbonyl (C=O) groups is 3. The summed E-state index contributed by atoms with van der Waals surface area (Å²) in [6.07, 6.45) is 2.09. The number of rotatable bonds is 6. The summed E-state index contributed by atoms with van der Waals surface area (Å²) in [5.41, 5.74) is 4.14. The molecular formula is C24H28N2O5. The highest BCUT2D eigenvalue weighted by Gasteiger charge is 2.19. The van der Waals surface area contributed by atoms with Crippen molar-refractivity contribution >= 4 is 17.8 Å². The molecule has 1 aliphatic rings. The summed E-state index contributed by atoms with van der Waals surface area (Å²) < 4.78 is 0. The monoisotopic (exact) mass is 424 g/mol. The van der Waals surface area contributed by atoms with E-state index in [4.69, 9.17) is 10.2 Å². The summed E-state index contributed by atoms with van der Waals surface area (Å²) in [4.78, 5) is 34.9. The van der Waals surface area contributed by atoms with Gasteiger partial charge in [0.1, 0.15) is 0 Å². The van der Waals surface area contributed by atoms with Crippen molar-refractivity contribution in [3.63, 3.8) is 0 Å². The van der Waals surface area contributed by atoms with Crippen molar-refractivity contribution in [3.05, 3.63) is 83.4 Å². The molecule has 2 aromatic carbocycles. The number of hydrogen-bond acceptors (Lipinski definition) is 4. The number of benzene rings is 2. The van der Waals surface area contributed by atoms with E-state index in [0.717, 1.165) is 39.1 Å². The summed E-state index contributed by atoms with van der Waals surface area (Å²) >= 11 is 0. The molecule has 0 spiro atoms. The minimum Gasteiger partial charge on any atom is -0.478 e. The van der Waals surface area contributed by atoms with Crippen LogP contribution in [0.4, 0.5) is 0 Å². The van der Waals surface area contributed by atoms with Crippen LogP contribution in [0.25, 0.3) is 0 Å². The summed E-state index contributed by atoms with van der Waals surface area (Å²) in [7, 11) is 0. The molecule has 0 radical (unpaired) electrons. The molecule has 31 heavy (non-hydrogen) atoms. The number of nitrogens with zero attached hydrogens (tertiary/aromatic N) is 2. The van der Waals surface area contributed by atoms with E-state index in [-0.39, 0.29) is 5.91 Å². The molecule has 1 aliphatic heterocycles. The van der Waals surface area contributed by atoms with E-state index in [1.807, 2.05) is 4.90 Å². The van der Waals surface area contributed by atoms with Crippen LogP contribution in [-0.4, -0.2) is 64.0 Å². The standard InChI is InChI=1S/C20H24N2O.C4H4O4/c1-17(23)22-13-11-21(12-14-22)16-20-10-6-5-9-19(20)15-18-7-3-2-4-8-18;5-3(6)1-2-4(7)8/h2-10H,11-16H2,1H3;1-2H,(H,5,6)(H,7,8)/b;2-1-. The fraction of sp³-hybridized carbons (Fsp3) is 0.292. The normalized spacial score (nSPS) is 14.0. The quantitative estimate of drug-likeness (QED) is 0.692. The molecule has 7 nitrogen and oxygen atoms in total. The first kappa shape index (κ1) is 23.8. The maximum atomic E-state index is 11.4. The number of amides is 1. The number of aliphatic carboxylic acids is 2. The molecule has 2 aromatic rings. The van der Waals surface area contributed by atoms with Gasteiger partial charge >= 0.3 is 11.9 Å². The lowest BCUT2D eigenvalue weighted by atomic mass is 9.99. The second-order valence-electron chi connectivity index (χ2n) is 7.22. The summed E-state index contributed by atoms with van der Waals surface area (Å²) in [5.74, 6) is -2.33. The molecular weight excluding hydrogens is 396 g/mol. The number of carbonyl (C=O) groups excluding carboxylic acids is 1. The predicted molar refractivity (Wildman–Crippen MR) is 118 cm³/mol. The molecule has 7 heteroatoms. The van der Waals surface area contributed by atoms with Crippen molar-refractivity contribution in [3.8, 4) is 0 Å². The van der Waals surface area contributed by atoms with Crippen LogP contribution >= 0.6 is 0 Å². The highest BCUT2D eigenvalue weighted by Crippen LogP contribution is 2.17. The molecule has 3 rings (SSSR count). The number of carboxylic acids is 2. The first-order valence-corrected chi connectivity index (χ1v) is 10.1. The zero-order valence-electron chi connectivity index (χ0n) is 17.6. The van der Waals surface area contributed by atoms with E-state index >= 15 is 0 Å². The molecule has 0 bridgehead atoms. The van der Waals surface area contributed by atoms with E-state index < -0.39 is 11.9 Å². The van der Waals surface area contributed by atoms with Gasteiger partial charge in [-0.25, -0.2) is 9.59 Å². The lowest BCUT2D eigenvalue weighted by Gasteiger charge is -2.34. The number of hydrogen-bond donors (Lipinski definition) is 2. The number of carboxylic acid groups (broad SMARTS) is 2. The highest BCUT2D eigenvalue weighted by molar-refractivity contribution is 5.89. The predicted octanol–water partition coefficient (Wildman–Crippen LogP) is 2.65. The number of piperazine rings is 1. The Bertz CT molecular complexity index is 887. The van der Waals surface area contributed by atoms with Crippen molar-refractivity contribution in [2.24, 2.45) is 0 Å². The lowest BCUT2D eigenvalue weighted by Crippen LogP contribution is -2.47. The van der Waals surface area contributed by atoms with Gasteiger partial charge in [0.2, 0.25) is 5.91 Å². The minimum absolute atomic E-state index is 0.189. The van der Waals surface area contributed by atoms with Gasteiger partial charge in [-0.05, 0) is 23.1 Å². The second kappa shape index (κ2) is 12.3. The lowest BCUT2D eigenvalue weighted by molar-refractivity contribution is -0.134. The Kier molecular flexibility index (Phi) is 9.45. The molecule has 1 saturated heterocycles. The van der Waals surface area contributed by atoms with E-state index in [9.17, 15) is 14.4 Å². The maximum Gasteiger partial charge on any atom is 0.328 e. The van der Waals surface area contributed by atoms with Gasteiger partial charge in [-0.1, -0.05) is 54.6 Å². The van der Waals surface area contributed by atoms with Gasteiger partial charge in [0.05, 0.1) is 0 Å². The molecule has 0 atom stereocenters. The van der Waals surface area contributed by atoms with Gasteiger partial charge in [0.25, 0.3) is 0 Å². The minimum atomic E-state index is -1.26. The summed E-state index contributed by atoms with van der Waals surface area (Å²) in [6.45, 7) is 6.23. The second-order valence-corrected chi connectivity index (χ2v) is 7.22. The van der Waals surface area contributed by atoms with Crippen LogP contribution in [0.3, 0.4) is 0 Å². The fourth-order valence-electron chi connectivity index (χ4n) is 3.30. The molecule has 0 unspecified atom stereocenters. The van der Waals surface area contributed by atoms with Crippen molar-refractivity contribution in [2.45, 2.75) is 19.9 Å². The zero-order chi connectivity index (χ0) is 22.6. The Balaban J connectivity index is 0.000000366. The average Bonchev–Trinajstić information content (AvgIpc) is 2.75. The first-order valence-electron chi connectivity index (χ1n) is 10.1. The fourth-order valence-corrected chi connectivity index (χ4v) is 3.30. The SMILES string of the molecule is CC(=O)N1CCN(Cc2ccccc2Cc2ccccc2)CC1.O=C(O)/C=C\C(=O)O. The van der Waals surface area contributed by atoms with E-state index in [2.05, 4.69) is 59.5 Å². The Hall–Kier alpha value is -3.45. The summed E-state index contributed by atoms with van der Waals surface area (Å²) in [6, 6.07) is 19.3. The largest absolute Gasteiger partial charge is 0.478 e. The Morgan fingerprint density at radius 3 is 1.84 bits per heavy atom. The third-order valence-electron chi connectivity index (χ3n) is 4.94. The van der Waals surface area contributed by atoms with Gasteiger partial charge in [0, 0.05) is 51.8 Å². The van der Waals surface area contributed by atoms with Gasteiger partial charge in [0.15, 0.2) is 0 Å². The maximum absolute atomic E-state index is 11.4. The van der Waals surface area contributed by atoms with Gasteiger partial charge in [-0.3, -0.25) is 9.69 Å². The summed E-state index contributed by atoms with van der Waals surface area (Å²) in [5, 5.41) is 15.6. The van der Waals surface area contributed by atoms with E-state index in [0.29, 0.717) is 12.2 Å². The Morgan fingerprint density at radius 2 is 1.32 bits per heavy atom. The van der Waals surface area contributed by atoms with Crippen LogP contribution in [0.2, 0.25) is 0 Å². The third kappa shape index (κ3) is 8.84. The van der Waals surface area contributed by atoms with Crippen LogP contribution < -0.4 is 0 Å². The van der Waals surface area contributed by atoms with Crippen molar-refractivity contribution in [2.75, 3.05) is 26.2 Å². The van der Waals surface area contributed by atoms with Crippen molar-refractivity contribution in [1.29, 1.82) is 0 Å². The molecule has 0 aliphatic carbocycles. The van der Waals surface area contributed by atoms with Gasteiger partial charge in [-0.2, -0.15) is 0 Å². The molecule has 1 heterocycles. The molecule has 1 amide bonds. The molecule has 1 fully saturated rings. The van der Waals surface area contributed by atoms with E-state index in [1.165, 1.54) is 16.7 Å². The van der Waals surface area contributed by atoms with Crippen LogP contribution in [0.1, 0.15) is 23.6 Å². The van der Waals surface area contributed by atoms with Gasteiger partial charge in [-0.15, -0.1) is 0 Å². The van der Waals surface area contributed by atoms with Crippen molar-refractivity contribution in [1.82, 2.24) is 9.80 Å². The van der Waals surface area contributed by atoms with Gasteiger partial charge < -0.3 is 15.1 Å². The van der Waals surface area contributed by atoms with Crippen LogP contribution in [-0.2, 0) is 27.3 Å². The zero-order valence-corrected chi connectivity index (χ0v) is 17.6. The third-order valence-corrected chi connectivity index (χ3v) is 4.94. The highest BCUT2D eigenvalue weighted by atomic mass is 16.4. The van der Waals surface area contributed by atoms with Crippen molar-refractivity contribution < 1.29 is 24.6 Å². The molecule has 2 N–H and O–H groups in total. The first-order chi connectivity index (χ1) is 14.8. The van der Waals surface area contributed by atoms with E-state index in [1.54, 1.807) is 6.92 Å². The molecule has 0 aromatic heterocycles. The molecule has 164 valence electrons. The Morgan fingerprint density at radius 1 is 0.806 bits per heavy atom. The van der Waals surface area contributed by atoms with Crippen LogP contribution in [0.5, 0.6) is 0 Å². The molecule has 0 saturated carbocycles. The smallest absolute Gasteiger partial charge is 0.328 e. The van der Waals surface area contributed by atoms with Crippen LogP contribution in [0, 0.1) is 0 Å².